The van der Waals surface area contributed by atoms with Gasteiger partial charge in [-0.25, -0.2) is 0 Å². The summed E-state index contributed by atoms with van der Waals surface area (Å²) in [7, 11) is 1.77. The molecule has 5 nitrogen and oxygen atoms in total. The summed E-state index contributed by atoms with van der Waals surface area (Å²) < 4.78 is 6.61. The number of nitrogens with zero attached hydrogens (tertiary/aromatic N) is 1. The van der Waals surface area contributed by atoms with E-state index in [0.717, 1.165) is 43.0 Å². The van der Waals surface area contributed by atoms with Crippen LogP contribution in [0.4, 0.5) is 0 Å². The minimum Gasteiger partial charge on any atom is -0.396 e. The van der Waals surface area contributed by atoms with Crippen LogP contribution in [0.15, 0.2) is 27.7 Å². The molecule has 1 saturated heterocycles. The van der Waals surface area contributed by atoms with Crippen molar-refractivity contribution in [1.29, 1.82) is 0 Å². The molecule has 1 aromatic carbocycles. The van der Waals surface area contributed by atoms with Crippen molar-refractivity contribution in [1.82, 2.24) is 10.6 Å². The molecule has 0 bridgehead atoms. The molecular weight excluding hydrogens is 358 g/mol. The van der Waals surface area contributed by atoms with Gasteiger partial charge in [0.1, 0.15) is 0 Å². The van der Waals surface area contributed by atoms with Crippen molar-refractivity contribution in [2.45, 2.75) is 26.3 Å². The average Bonchev–Trinajstić information content (AvgIpc) is 2.98. The van der Waals surface area contributed by atoms with Crippen molar-refractivity contribution in [3.05, 3.63) is 33.8 Å². The van der Waals surface area contributed by atoms with Gasteiger partial charge in [0.15, 0.2) is 5.96 Å². The lowest BCUT2D eigenvalue weighted by molar-refractivity contribution is 0.127. The Balaban J connectivity index is 1.88. The Morgan fingerprint density at radius 1 is 1.43 bits per heavy atom. The lowest BCUT2D eigenvalue weighted by atomic mass is 9.84. The Kier molecular flexibility index (Phi) is 6.87. The van der Waals surface area contributed by atoms with Crippen molar-refractivity contribution in [2.75, 3.05) is 33.4 Å². The molecule has 6 heteroatoms. The van der Waals surface area contributed by atoms with Gasteiger partial charge in [-0.05, 0) is 43.0 Å². The fourth-order valence-electron chi connectivity index (χ4n) is 2.84. The molecule has 1 atom stereocenters. The second-order valence-electron chi connectivity index (χ2n) is 6.13. The van der Waals surface area contributed by atoms with Crippen molar-refractivity contribution in [2.24, 2.45) is 10.4 Å². The SMILES string of the molecule is CN=C(NCc1ccc(Br)cc1C)NCC1(CCO)CCOC1. The Morgan fingerprint density at radius 2 is 2.26 bits per heavy atom. The normalized spacial score (nSPS) is 21.5. The molecule has 1 aromatic rings. The maximum absolute atomic E-state index is 9.29. The van der Waals surface area contributed by atoms with Gasteiger partial charge in [0, 0.05) is 43.2 Å². The van der Waals surface area contributed by atoms with Gasteiger partial charge in [0.05, 0.1) is 6.61 Å². The molecule has 128 valence electrons. The summed E-state index contributed by atoms with van der Waals surface area (Å²) in [5, 5.41) is 16.0. The summed E-state index contributed by atoms with van der Waals surface area (Å²) in [4.78, 5) is 4.28. The summed E-state index contributed by atoms with van der Waals surface area (Å²) in [6.45, 7) is 5.24. The fraction of sp³-hybridized carbons (Fsp3) is 0.588. The third-order valence-electron chi connectivity index (χ3n) is 4.43. The lowest BCUT2D eigenvalue weighted by Gasteiger charge is -2.27. The van der Waals surface area contributed by atoms with Crippen LogP contribution < -0.4 is 10.6 Å². The maximum Gasteiger partial charge on any atom is 0.191 e. The molecule has 1 unspecified atom stereocenters. The first-order valence-corrected chi connectivity index (χ1v) is 8.76. The van der Waals surface area contributed by atoms with Crippen LogP contribution in [0.2, 0.25) is 0 Å². The molecule has 0 radical (unpaired) electrons. The van der Waals surface area contributed by atoms with Crippen molar-refractivity contribution >= 4 is 21.9 Å². The van der Waals surface area contributed by atoms with Crippen molar-refractivity contribution in [3.8, 4) is 0 Å². The molecule has 0 saturated carbocycles. The van der Waals surface area contributed by atoms with Crippen LogP contribution in [0, 0.1) is 12.3 Å². The molecule has 3 N–H and O–H groups in total. The Morgan fingerprint density at radius 3 is 2.87 bits per heavy atom. The molecule has 2 rings (SSSR count). The average molecular weight is 384 g/mol. The molecule has 1 aliphatic rings. The van der Waals surface area contributed by atoms with Crippen LogP contribution in [0.3, 0.4) is 0 Å². The number of aliphatic hydroxyl groups excluding tert-OH is 1. The number of aliphatic imine (C=N–C) groups is 1. The smallest absolute Gasteiger partial charge is 0.191 e. The van der Waals surface area contributed by atoms with E-state index in [4.69, 9.17) is 4.74 Å². The first-order chi connectivity index (χ1) is 11.1. The van der Waals surface area contributed by atoms with Crippen molar-refractivity contribution in [3.63, 3.8) is 0 Å². The van der Waals surface area contributed by atoms with E-state index in [9.17, 15) is 5.11 Å². The number of rotatable bonds is 6. The van der Waals surface area contributed by atoms with E-state index in [1.54, 1.807) is 7.05 Å². The topological polar surface area (TPSA) is 65.9 Å². The van der Waals surface area contributed by atoms with Gasteiger partial charge in [-0.1, -0.05) is 22.0 Å². The summed E-state index contributed by atoms with van der Waals surface area (Å²) in [5.74, 6) is 0.775. The van der Waals surface area contributed by atoms with Gasteiger partial charge in [0.2, 0.25) is 0 Å². The summed E-state index contributed by atoms with van der Waals surface area (Å²) >= 11 is 3.48. The van der Waals surface area contributed by atoms with E-state index in [1.807, 2.05) is 6.07 Å². The van der Waals surface area contributed by atoms with Gasteiger partial charge < -0.3 is 20.5 Å². The number of nitrogens with one attached hydrogen (secondary N) is 2. The second kappa shape index (κ2) is 8.66. The zero-order chi connectivity index (χ0) is 16.7. The molecule has 23 heavy (non-hydrogen) atoms. The molecule has 0 spiro atoms. The largest absolute Gasteiger partial charge is 0.396 e. The van der Waals surface area contributed by atoms with Gasteiger partial charge in [-0.15, -0.1) is 0 Å². The molecular formula is C17H26BrN3O2. The van der Waals surface area contributed by atoms with E-state index in [0.29, 0.717) is 6.61 Å². The summed E-state index contributed by atoms with van der Waals surface area (Å²) in [6.07, 6.45) is 1.73. The van der Waals surface area contributed by atoms with Gasteiger partial charge in [-0.2, -0.15) is 0 Å². The highest BCUT2D eigenvalue weighted by Gasteiger charge is 2.34. The second-order valence-corrected chi connectivity index (χ2v) is 7.04. The standard InChI is InChI=1S/C17H26BrN3O2/c1-13-9-15(18)4-3-14(13)10-20-16(19-2)21-11-17(5-7-22)6-8-23-12-17/h3-4,9,22H,5-8,10-12H2,1-2H3,(H2,19,20,21). The fourth-order valence-corrected chi connectivity index (χ4v) is 3.32. The summed E-state index contributed by atoms with van der Waals surface area (Å²) in [6, 6.07) is 6.27. The molecule has 0 amide bonds. The van der Waals surface area contributed by atoms with Crippen LogP contribution >= 0.6 is 15.9 Å². The molecule has 1 fully saturated rings. The van der Waals surface area contributed by atoms with Crippen LogP contribution in [-0.2, 0) is 11.3 Å². The molecule has 1 heterocycles. The zero-order valence-electron chi connectivity index (χ0n) is 13.9. The van der Waals surface area contributed by atoms with E-state index in [2.05, 4.69) is 50.6 Å². The Labute approximate surface area is 146 Å². The molecule has 0 aromatic heterocycles. The first-order valence-electron chi connectivity index (χ1n) is 7.97. The highest BCUT2D eigenvalue weighted by Crippen LogP contribution is 2.31. The number of hydrogen-bond donors (Lipinski definition) is 3. The molecule has 0 aliphatic carbocycles. The minimum absolute atomic E-state index is 0.0138. The Bertz CT molecular complexity index is 543. The molecule has 1 aliphatic heterocycles. The predicted octanol–water partition coefficient (Wildman–Crippen LogP) is 2.21. The number of hydrogen-bond acceptors (Lipinski definition) is 3. The van der Waals surface area contributed by atoms with E-state index in [1.165, 1.54) is 11.1 Å². The van der Waals surface area contributed by atoms with Crippen molar-refractivity contribution < 1.29 is 9.84 Å². The van der Waals surface area contributed by atoms with Gasteiger partial charge >= 0.3 is 0 Å². The number of halogens is 1. The first kappa shape index (κ1) is 18.2. The van der Waals surface area contributed by atoms with E-state index >= 15 is 0 Å². The van der Waals surface area contributed by atoms with E-state index < -0.39 is 0 Å². The van der Waals surface area contributed by atoms with E-state index in [-0.39, 0.29) is 12.0 Å². The van der Waals surface area contributed by atoms with Crippen LogP contribution in [0.5, 0.6) is 0 Å². The maximum atomic E-state index is 9.29. The monoisotopic (exact) mass is 383 g/mol. The number of aryl methyl sites for hydroxylation is 1. The Hall–Kier alpha value is -1.11. The highest BCUT2D eigenvalue weighted by molar-refractivity contribution is 9.10. The van der Waals surface area contributed by atoms with Crippen LogP contribution in [0.1, 0.15) is 24.0 Å². The van der Waals surface area contributed by atoms with Gasteiger partial charge in [0.25, 0.3) is 0 Å². The lowest BCUT2D eigenvalue weighted by Crippen LogP contribution is -2.44. The quantitative estimate of drug-likeness (QED) is 0.520. The number of benzene rings is 1. The number of aliphatic hydroxyl groups is 1. The van der Waals surface area contributed by atoms with Crippen LogP contribution in [-0.4, -0.2) is 44.5 Å². The van der Waals surface area contributed by atoms with Gasteiger partial charge in [-0.3, -0.25) is 4.99 Å². The third kappa shape index (κ3) is 5.19. The summed E-state index contributed by atoms with van der Waals surface area (Å²) in [5.41, 5.74) is 2.49. The van der Waals surface area contributed by atoms with Crippen LogP contribution in [0.25, 0.3) is 0 Å². The minimum atomic E-state index is 0.0138. The number of ether oxygens (including phenoxy) is 1. The third-order valence-corrected chi connectivity index (χ3v) is 4.93. The zero-order valence-corrected chi connectivity index (χ0v) is 15.4. The highest BCUT2D eigenvalue weighted by atomic mass is 79.9. The number of guanidine groups is 1. The predicted molar refractivity (Wildman–Crippen MR) is 96.7 cm³/mol.